The Balaban J connectivity index is 1.60. The number of carbonyl (C=O) groups excluding carboxylic acids is 1. The molecular weight excluding hydrogens is 663 g/mol. The number of halogens is 1. The minimum Gasteiger partial charge on any atom is -0.465 e. The van der Waals surface area contributed by atoms with Crippen LogP contribution >= 0.6 is 0 Å². The molecule has 5 rings (SSSR count). The number of rotatable bonds is 11. The number of fused-ring (bicyclic) bond motifs is 2. The summed E-state index contributed by atoms with van der Waals surface area (Å²) in [5, 5.41) is 14.4. The summed E-state index contributed by atoms with van der Waals surface area (Å²) in [5.41, 5.74) is 3.57. The van der Waals surface area contributed by atoms with E-state index in [-0.39, 0.29) is 42.3 Å². The number of amides is 2. The van der Waals surface area contributed by atoms with E-state index < -0.39 is 27.9 Å². The van der Waals surface area contributed by atoms with E-state index >= 15 is 4.39 Å². The molecule has 0 aliphatic rings. The first-order valence-electron chi connectivity index (χ1n) is 15.2. The Morgan fingerprint density at radius 2 is 1.64 bits per heavy atom. The Bertz CT molecular complexity index is 2460. The topological polar surface area (TPSA) is 148 Å². The van der Waals surface area contributed by atoms with Crippen LogP contribution in [0.2, 0.25) is 0 Å². The number of sulfonamides is 1. The van der Waals surface area contributed by atoms with Crippen molar-refractivity contribution in [3.8, 4) is 35.8 Å². The summed E-state index contributed by atoms with van der Waals surface area (Å²) in [6.45, 7) is 1.32. The van der Waals surface area contributed by atoms with Crippen molar-refractivity contribution in [2.24, 2.45) is 0 Å². The number of allylic oxidation sites excluding steroid dienone is 1. The van der Waals surface area contributed by atoms with E-state index in [2.05, 4.69) is 22.5 Å². The molecule has 0 fully saturated rings. The molecule has 12 nitrogen and oxygen atoms in total. The third-order valence-electron chi connectivity index (χ3n) is 8.15. The Labute approximate surface area is 287 Å². The fourth-order valence-electron chi connectivity index (χ4n) is 5.77. The molecule has 3 aromatic carbocycles. The van der Waals surface area contributed by atoms with Gasteiger partial charge in [-0.1, -0.05) is 24.0 Å². The third kappa shape index (κ3) is 6.75. The van der Waals surface area contributed by atoms with E-state index in [1.54, 1.807) is 60.0 Å². The predicted molar refractivity (Wildman–Crippen MR) is 190 cm³/mol. The maximum atomic E-state index is 15.1. The summed E-state index contributed by atoms with van der Waals surface area (Å²) in [6.07, 6.45) is 10.8. The molecule has 2 heterocycles. The first kappa shape index (κ1) is 35.2. The zero-order valence-corrected chi connectivity index (χ0v) is 28.2. The minimum atomic E-state index is -3.79. The lowest BCUT2D eigenvalue weighted by atomic mass is 10.0. The van der Waals surface area contributed by atoms with Gasteiger partial charge in [0.15, 0.2) is 0 Å². The third-order valence-corrected chi connectivity index (χ3v) is 9.96. The average Bonchev–Trinajstić information content (AvgIpc) is 3.49. The molecule has 0 aliphatic carbocycles. The highest BCUT2D eigenvalue weighted by Gasteiger charge is 2.22. The fraction of sp³-hybridized carbons (Fsp3) is 0.194. The predicted octanol–water partition coefficient (Wildman–Crippen LogP) is 4.62. The van der Waals surface area contributed by atoms with E-state index in [1.165, 1.54) is 35.4 Å². The number of terminal acetylenes is 2. The monoisotopic (exact) mass is 696 g/mol. The largest absolute Gasteiger partial charge is 0.465 e. The lowest BCUT2D eigenvalue weighted by Gasteiger charge is -2.13. The summed E-state index contributed by atoms with van der Waals surface area (Å²) in [6, 6.07) is 16.2. The molecule has 50 heavy (non-hydrogen) atoms. The van der Waals surface area contributed by atoms with Crippen molar-refractivity contribution >= 4 is 49.6 Å². The highest BCUT2D eigenvalue weighted by molar-refractivity contribution is 7.89. The average molecular weight is 697 g/mol. The van der Waals surface area contributed by atoms with Crippen LogP contribution in [0.1, 0.15) is 16.1 Å². The molecule has 0 aliphatic heterocycles. The van der Waals surface area contributed by atoms with Gasteiger partial charge in [0.1, 0.15) is 5.83 Å². The molecular formula is C36H33FN6O6S. The molecule has 14 heteroatoms. The molecule has 0 radical (unpaired) electrons. The standard InChI is InChI=1S/C36H33FN6O6S/c1-6-17-41-31-14-12-27(21-32(31)42(18-7-2)36(41)47)39-34(44)25-11-13-30-29(20-25)33(23(3)43(30)22-26(37)15-16-38-35(45)46)24-9-8-10-28(19-24)50(48,49)40(4)5/h1-2,8-15,19-21,38H,16-18,22H2,3-5H3,(H,39,44)(H,45,46). The van der Waals surface area contributed by atoms with Crippen molar-refractivity contribution < 1.29 is 27.5 Å². The van der Waals surface area contributed by atoms with Crippen LogP contribution < -0.4 is 16.3 Å². The molecule has 0 bridgehead atoms. The number of nitrogens with zero attached hydrogens (tertiary/aromatic N) is 4. The lowest BCUT2D eigenvalue weighted by Crippen LogP contribution is -2.23. The van der Waals surface area contributed by atoms with Gasteiger partial charge >= 0.3 is 11.8 Å². The summed E-state index contributed by atoms with van der Waals surface area (Å²) >= 11 is 0. The van der Waals surface area contributed by atoms with Crippen molar-refractivity contribution in [3.05, 3.63) is 94.3 Å². The van der Waals surface area contributed by atoms with Crippen LogP contribution in [0.25, 0.3) is 33.1 Å². The number of hydrogen-bond donors (Lipinski definition) is 3. The Morgan fingerprint density at radius 3 is 2.30 bits per heavy atom. The summed E-state index contributed by atoms with van der Waals surface area (Å²) in [5.74, 6) is 3.84. The van der Waals surface area contributed by atoms with Crippen LogP contribution in [0, 0.1) is 31.6 Å². The zero-order valence-electron chi connectivity index (χ0n) is 27.4. The molecule has 0 saturated carbocycles. The van der Waals surface area contributed by atoms with E-state index in [0.29, 0.717) is 44.4 Å². The Hall–Kier alpha value is -6.09. The van der Waals surface area contributed by atoms with Gasteiger partial charge in [0, 0.05) is 54.1 Å². The van der Waals surface area contributed by atoms with E-state index in [0.717, 1.165) is 10.4 Å². The molecule has 2 aromatic heterocycles. The second-order valence-electron chi connectivity index (χ2n) is 11.5. The van der Waals surface area contributed by atoms with Gasteiger partial charge in [0.05, 0.1) is 35.6 Å². The van der Waals surface area contributed by atoms with Gasteiger partial charge in [-0.3, -0.25) is 13.9 Å². The van der Waals surface area contributed by atoms with Crippen LogP contribution in [0.5, 0.6) is 0 Å². The smallest absolute Gasteiger partial charge is 0.404 e. The number of benzene rings is 3. The molecule has 0 unspecified atom stereocenters. The number of nitrogens with one attached hydrogen (secondary N) is 2. The number of aromatic nitrogens is 3. The summed E-state index contributed by atoms with van der Waals surface area (Å²) in [4.78, 5) is 37.5. The first-order chi connectivity index (χ1) is 23.8. The number of imidazole rings is 1. The van der Waals surface area contributed by atoms with Gasteiger partial charge in [-0.2, -0.15) is 0 Å². The van der Waals surface area contributed by atoms with Gasteiger partial charge in [-0.05, 0) is 67.1 Å². The highest BCUT2D eigenvalue weighted by atomic mass is 32.2. The lowest BCUT2D eigenvalue weighted by molar-refractivity contribution is 0.102. The van der Waals surface area contributed by atoms with Gasteiger partial charge < -0.3 is 20.3 Å². The van der Waals surface area contributed by atoms with Crippen LogP contribution in [0.4, 0.5) is 14.9 Å². The number of anilines is 1. The summed E-state index contributed by atoms with van der Waals surface area (Å²) in [7, 11) is -0.936. The van der Waals surface area contributed by atoms with Crippen LogP contribution in [-0.2, 0) is 29.7 Å². The van der Waals surface area contributed by atoms with E-state index in [1.807, 2.05) is 0 Å². The van der Waals surface area contributed by atoms with Gasteiger partial charge in [-0.15, -0.1) is 12.8 Å². The molecule has 5 aromatic rings. The number of carbonyl (C=O) groups is 2. The van der Waals surface area contributed by atoms with E-state index in [4.69, 9.17) is 18.0 Å². The number of carboxylic acid groups (broad SMARTS) is 1. The molecule has 2 amide bonds. The van der Waals surface area contributed by atoms with Crippen LogP contribution in [-0.4, -0.2) is 64.2 Å². The minimum absolute atomic E-state index is 0.00296. The molecule has 0 saturated heterocycles. The van der Waals surface area contributed by atoms with Gasteiger partial charge in [0.2, 0.25) is 10.0 Å². The summed E-state index contributed by atoms with van der Waals surface area (Å²) < 4.78 is 46.7. The fourth-order valence-corrected chi connectivity index (χ4v) is 6.72. The first-order valence-corrected chi connectivity index (χ1v) is 16.6. The SMILES string of the molecule is C#CCn1c(=O)n(CC#C)c2cc(NC(=O)c3ccc4c(c3)c(-c3cccc(S(=O)(=O)N(C)C)c3)c(C)n4CC(F)=CCNC(=O)O)ccc21. The Kier molecular flexibility index (Phi) is 9.99. The second-order valence-corrected chi connectivity index (χ2v) is 13.6. The van der Waals surface area contributed by atoms with Crippen molar-refractivity contribution in [3.63, 3.8) is 0 Å². The van der Waals surface area contributed by atoms with Crippen LogP contribution in [0.3, 0.4) is 0 Å². The molecule has 0 atom stereocenters. The van der Waals surface area contributed by atoms with Crippen molar-refractivity contribution in [2.75, 3.05) is 26.0 Å². The quantitative estimate of drug-likeness (QED) is 0.172. The highest BCUT2D eigenvalue weighted by Crippen LogP contribution is 2.37. The van der Waals surface area contributed by atoms with Crippen molar-refractivity contribution in [1.82, 2.24) is 23.3 Å². The van der Waals surface area contributed by atoms with Crippen molar-refractivity contribution in [1.29, 1.82) is 0 Å². The van der Waals surface area contributed by atoms with Crippen molar-refractivity contribution in [2.45, 2.75) is 31.5 Å². The maximum absolute atomic E-state index is 15.1. The molecule has 0 spiro atoms. The molecule has 3 N–H and O–H groups in total. The maximum Gasteiger partial charge on any atom is 0.404 e. The normalized spacial score (nSPS) is 11.9. The Morgan fingerprint density at radius 1 is 0.960 bits per heavy atom. The molecule has 256 valence electrons. The van der Waals surface area contributed by atoms with Gasteiger partial charge in [-0.25, -0.2) is 26.7 Å². The van der Waals surface area contributed by atoms with E-state index in [9.17, 15) is 22.8 Å². The van der Waals surface area contributed by atoms with Crippen LogP contribution in [0.15, 0.2) is 82.3 Å². The zero-order chi connectivity index (χ0) is 36.3. The van der Waals surface area contributed by atoms with Gasteiger partial charge in [0.25, 0.3) is 5.91 Å². The number of hydrogen-bond acceptors (Lipinski definition) is 5. The second kappa shape index (κ2) is 14.2.